The fourth-order valence-electron chi connectivity index (χ4n) is 3.81. The number of carbonyl (C=O) groups is 1. The van der Waals surface area contributed by atoms with Gasteiger partial charge in [-0.05, 0) is 30.3 Å². The first kappa shape index (κ1) is 17.8. The van der Waals surface area contributed by atoms with Gasteiger partial charge in [0.1, 0.15) is 11.5 Å². The Morgan fingerprint density at radius 1 is 1.07 bits per heavy atom. The number of nitrogens with zero attached hydrogens (tertiary/aromatic N) is 4. The molecule has 4 aromatic rings. The summed E-state index contributed by atoms with van der Waals surface area (Å²) in [5.41, 5.74) is 1.80. The van der Waals surface area contributed by atoms with Gasteiger partial charge in [0.15, 0.2) is 0 Å². The second-order valence-corrected chi connectivity index (χ2v) is 7.51. The number of hydrogen-bond donors (Lipinski definition) is 1. The van der Waals surface area contributed by atoms with E-state index in [4.69, 9.17) is 11.6 Å². The lowest BCUT2D eigenvalue weighted by molar-refractivity contribution is 0.0746. The number of pyridine rings is 1. The zero-order valence-electron chi connectivity index (χ0n) is 15.5. The van der Waals surface area contributed by atoms with Crippen molar-refractivity contribution in [1.82, 2.24) is 19.3 Å². The van der Waals surface area contributed by atoms with E-state index in [1.807, 2.05) is 39.6 Å². The van der Waals surface area contributed by atoms with E-state index in [1.165, 1.54) is 0 Å². The van der Waals surface area contributed by atoms with E-state index in [9.17, 15) is 9.59 Å². The Morgan fingerprint density at radius 3 is 2.62 bits per heavy atom. The number of rotatable bonds is 2. The molecule has 0 aliphatic carbocycles. The molecule has 5 rings (SSSR count). The highest BCUT2D eigenvalue weighted by molar-refractivity contribution is 6.30. The van der Waals surface area contributed by atoms with Crippen LogP contribution in [-0.2, 0) is 0 Å². The number of benzene rings is 1. The molecule has 0 spiro atoms. The quantitative estimate of drug-likeness (QED) is 0.554. The number of piperazine rings is 1. The molecule has 3 aromatic heterocycles. The number of H-pyrrole nitrogens is 1. The van der Waals surface area contributed by atoms with Crippen molar-refractivity contribution in [2.24, 2.45) is 0 Å². The fourth-order valence-corrected chi connectivity index (χ4v) is 3.92. The van der Waals surface area contributed by atoms with Crippen LogP contribution in [0.3, 0.4) is 0 Å². The maximum Gasteiger partial charge on any atom is 0.258 e. The third-order valence-corrected chi connectivity index (χ3v) is 5.54. The molecule has 0 unspecified atom stereocenters. The number of para-hydroxylation sites is 1. The van der Waals surface area contributed by atoms with Crippen LogP contribution in [0.25, 0.3) is 16.6 Å². The molecule has 1 aromatic carbocycles. The number of nitrogens with one attached hydrogen (secondary N) is 1. The Balaban J connectivity index is 1.38. The van der Waals surface area contributed by atoms with Crippen LogP contribution in [-0.4, -0.2) is 51.4 Å². The minimum atomic E-state index is -0.158. The third-order valence-electron chi connectivity index (χ3n) is 5.32. The second-order valence-electron chi connectivity index (χ2n) is 7.07. The average Bonchev–Trinajstić information content (AvgIpc) is 3.18. The standard InChI is InChI=1S/C21H18ClN5O2/c22-15-5-6-18(23-12-15)25-7-9-26(10-8-25)21(29)14-11-19-24-20(28)16-3-1-2-4-17(16)27(19)13-14/h1-6,11-13H,7-10H2,(H,24,28). The maximum atomic E-state index is 13.0. The molecule has 1 aliphatic rings. The number of anilines is 1. The Bertz CT molecular complexity index is 1270. The van der Waals surface area contributed by atoms with Crippen LogP contribution >= 0.6 is 11.6 Å². The summed E-state index contributed by atoms with van der Waals surface area (Å²) in [5, 5.41) is 1.20. The maximum absolute atomic E-state index is 13.0. The number of halogens is 1. The van der Waals surface area contributed by atoms with Gasteiger partial charge in [-0.2, -0.15) is 0 Å². The van der Waals surface area contributed by atoms with Crippen molar-refractivity contribution in [3.63, 3.8) is 0 Å². The van der Waals surface area contributed by atoms with Crippen LogP contribution in [0, 0.1) is 0 Å². The van der Waals surface area contributed by atoms with E-state index >= 15 is 0 Å². The fraction of sp³-hybridized carbons (Fsp3) is 0.190. The van der Waals surface area contributed by atoms with Crippen molar-refractivity contribution in [2.75, 3.05) is 31.1 Å². The van der Waals surface area contributed by atoms with Gasteiger partial charge in [0.2, 0.25) is 0 Å². The molecule has 1 aliphatic heterocycles. The van der Waals surface area contributed by atoms with Crippen LogP contribution < -0.4 is 10.5 Å². The summed E-state index contributed by atoms with van der Waals surface area (Å²) in [5.74, 6) is 0.822. The summed E-state index contributed by atoms with van der Waals surface area (Å²) in [6, 6.07) is 12.8. The van der Waals surface area contributed by atoms with Crippen LogP contribution in [0.2, 0.25) is 5.02 Å². The highest BCUT2D eigenvalue weighted by atomic mass is 35.5. The zero-order valence-corrected chi connectivity index (χ0v) is 16.3. The SMILES string of the molecule is O=C(c1cc2[nH]c(=O)c3ccccc3n2c1)N1CCN(c2ccc(Cl)cn2)CC1. The third kappa shape index (κ3) is 3.13. The molecule has 29 heavy (non-hydrogen) atoms. The van der Waals surface area contributed by atoms with Gasteiger partial charge >= 0.3 is 0 Å². The Labute approximate surface area is 171 Å². The molecule has 0 atom stereocenters. The van der Waals surface area contributed by atoms with E-state index in [1.54, 1.807) is 24.5 Å². The summed E-state index contributed by atoms with van der Waals surface area (Å²) in [6.45, 7) is 2.61. The van der Waals surface area contributed by atoms with E-state index in [0.29, 0.717) is 47.8 Å². The minimum Gasteiger partial charge on any atom is -0.353 e. The molecule has 1 saturated heterocycles. The minimum absolute atomic E-state index is 0.0395. The first-order valence-corrected chi connectivity index (χ1v) is 9.77. The lowest BCUT2D eigenvalue weighted by atomic mass is 10.2. The number of amides is 1. The van der Waals surface area contributed by atoms with E-state index in [2.05, 4.69) is 14.9 Å². The van der Waals surface area contributed by atoms with Crippen molar-refractivity contribution in [2.45, 2.75) is 0 Å². The molecule has 0 saturated carbocycles. The molecule has 8 heteroatoms. The van der Waals surface area contributed by atoms with Gasteiger partial charge in [-0.25, -0.2) is 4.98 Å². The number of fused-ring (bicyclic) bond motifs is 3. The monoisotopic (exact) mass is 407 g/mol. The van der Waals surface area contributed by atoms with E-state index in [-0.39, 0.29) is 11.5 Å². The molecular weight excluding hydrogens is 390 g/mol. The normalized spacial score (nSPS) is 14.7. The lowest BCUT2D eigenvalue weighted by Crippen LogP contribution is -2.49. The van der Waals surface area contributed by atoms with Crippen molar-refractivity contribution in [3.05, 3.63) is 75.8 Å². The molecular formula is C21H18ClN5O2. The highest BCUT2D eigenvalue weighted by Gasteiger charge is 2.24. The molecule has 1 amide bonds. The van der Waals surface area contributed by atoms with Crippen LogP contribution in [0.15, 0.2) is 59.7 Å². The summed E-state index contributed by atoms with van der Waals surface area (Å²) in [6.07, 6.45) is 3.43. The van der Waals surface area contributed by atoms with E-state index < -0.39 is 0 Å². The van der Waals surface area contributed by atoms with Crippen LogP contribution in [0.5, 0.6) is 0 Å². The highest BCUT2D eigenvalue weighted by Crippen LogP contribution is 2.19. The molecule has 7 nitrogen and oxygen atoms in total. The molecule has 0 bridgehead atoms. The number of aromatic amines is 1. The first-order valence-electron chi connectivity index (χ1n) is 9.39. The Kier molecular flexibility index (Phi) is 4.24. The predicted octanol–water partition coefficient (Wildman–Crippen LogP) is 2.79. The van der Waals surface area contributed by atoms with Gasteiger partial charge in [0, 0.05) is 38.6 Å². The van der Waals surface area contributed by atoms with Gasteiger partial charge in [0.25, 0.3) is 11.5 Å². The Morgan fingerprint density at radius 2 is 1.86 bits per heavy atom. The summed E-state index contributed by atoms with van der Waals surface area (Å²) >= 11 is 5.90. The van der Waals surface area contributed by atoms with Gasteiger partial charge in [-0.3, -0.25) is 9.59 Å². The smallest absolute Gasteiger partial charge is 0.258 e. The largest absolute Gasteiger partial charge is 0.353 e. The van der Waals surface area contributed by atoms with Crippen molar-refractivity contribution in [3.8, 4) is 0 Å². The number of aromatic nitrogens is 3. The molecule has 1 N–H and O–H groups in total. The van der Waals surface area contributed by atoms with Gasteiger partial charge in [-0.1, -0.05) is 23.7 Å². The number of hydrogen-bond acceptors (Lipinski definition) is 4. The lowest BCUT2D eigenvalue weighted by Gasteiger charge is -2.35. The van der Waals surface area contributed by atoms with Crippen molar-refractivity contribution in [1.29, 1.82) is 0 Å². The van der Waals surface area contributed by atoms with Gasteiger partial charge in [0.05, 0.1) is 21.5 Å². The summed E-state index contributed by atoms with van der Waals surface area (Å²) in [7, 11) is 0. The first-order chi connectivity index (χ1) is 14.1. The molecule has 1 fully saturated rings. The molecule has 146 valence electrons. The second kappa shape index (κ2) is 6.93. The Hall–Kier alpha value is -3.32. The molecule has 4 heterocycles. The molecule has 0 radical (unpaired) electrons. The number of carbonyl (C=O) groups excluding carboxylic acids is 1. The van der Waals surface area contributed by atoms with Gasteiger partial charge < -0.3 is 19.2 Å². The zero-order chi connectivity index (χ0) is 20.0. The van der Waals surface area contributed by atoms with Crippen LogP contribution in [0.1, 0.15) is 10.4 Å². The topological polar surface area (TPSA) is 73.7 Å². The van der Waals surface area contributed by atoms with Gasteiger partial charge in [-0.15, -0.1) is 0 Å². The summed E-state index contributed by atoms with van der Waals surface area (Å²) < 4.78 is 1.86. The van der Waals surface area contributed by atoms with E-state index in [0.717, 1.165) is 11.3 Å². The predicted molar refractivity (Wildman–Crippen MR) is 113 cm³/mol. The van der Waals surface area contributed by atoms with Crippen molar-refractivity contribution >= 4 is 39.9 Å². The van der Waals surface area contributed by atoms with Crippen LogP contribution in [0.4, 0.5) is 5.82 Å². The summed E-state index contributed by atoms with van der Waals surface area (Å²) in [4.78, 5) is 36.5. The average molecular weight is 408 g/mol. The van der Waals surface area contributed by atoms with Crippen molar-refractivity contribution < 1.29 is 4.79 Å².